The van der Waals surface area contributed by atoms with Gasteiger partial charge in [-0.25, -0.2) is 0 Å². The number of hydrogen-bond acceptors (Lipinski definition) is 3. The van der Waals surface area contributed by atoms with Crippen LogP contribution in [0.2, 0.25) is 0 Å². The summed E-state index contributed by atoms with van der Waals surface area (Å²) in [7, 11) is 0. The molecule has 0 saturated carbocycles. The SMILES string of the molecule is [Ir][c]1ccc(COCC2CO2)cc1.c1ccncc1. The summed E-state index contributed by atoms with van der Waals surface area (Å²) in [5.41, 5.74) is 1.23. The Labute approximate surface area is 124 Å². The molecule has 102 valence electrons. The van der Waals surface area contributed by atoms with Crippen LogP contribution in [0.15, 0.2) is 54.9 Å². The number of rotatable bonds is 4. The molecule has 0 N–H and O–H groups in total. The Kier molecular flexibility index (Phi) is 6.18. The van der Waals surface area contributed by atoms with Gasteiger partial charge in [-0.15, -0.1) is 0 Å². The van der Waals surface area contributed by atoms with Crippen LogP contribution in [0.25, 0.3) is 0 Å². The molecule has 0 radical (unpaired) electrons. The van der Waals surface area contributed by atoms with Gasteiger partial charge in [0.25, 0.3) is 0 Å². The molecular weight excluding hydrogens is 418 g/mol. The number of pyridine rings is 1. The molecule has 1 aliphatic heterocycles. The van der Waals surface area contributed by atoms with E-state index in [2.05, 4.69) is 48.1 Å². The number of nitrogens with zero attached hydrogens (tertiary/aromatic N) is 1. The predicted molar refractivity (Wildman–Crippen MR) is 69.7 cm³/mol. The van der Waals surface area contributed by atoms with E-state index in [0.29, 0.717) is 12.7 Å². The smallest absolute Gasteiger partial charge is 0.0267 e. The number of ether oxygens (including phenoxy) is 2. The zero-order valence-corrected chi connectivity index (χ0v) is 12.9. The first-order valence-corrected chi connectivity index (χ1v) is 7.31. The maximum atomic E-state index is 5.46. The van der Waals surface area contributed by atoms with Gasteiger partial charge in [-0.1, -0.05) is 6.07 Å². The zero-order chi connectivity index (χ0) is 13.3. The Hall–Kier alpha value is -1.06. The minimum atomic E-state index is 0.366. The minimum absolute atomic E-state index is 0.366. The summed E-state index contributed by atoms with van der Waals surface area (Å²) in [6.45, 7) is 2.29. The van der Waals surface area contributed by atoms with Crippen LogP contribution in [0.4, 0.5) is 0 Å². The summed E-state index contributed by atoms with van der Waals surface area (Å²) < 4.78 is 11.8. The van der Waals surface area contributed by atoms with Crippen LogP contribution in [-0.2, 0) is 35.0 Å². The summed E-state index contributed by atoms with van der Waals surface area (Å²) >= 11 is 2.09. The van der Waals surface area contributed by atoms with Gasteiger partial charge in [0.1, 0.15) is 0 Å². The second-order valence-corrected chi connectivity index (χ2v) is 5.48. The van der Waals surface area contributed by atoms with Crippen molar-refractivity contribution in [1.29, 1.82) is 0 Å². The molecule has 4 heteroatoms. The second-order valence-electron chi connectivity index (χ2n) is 4.10. The van der Waals surface area contributed by atoms with Crippen molar-refractivity contribution in [2.24, 2.45) is 0 Å². The van der Waals surface area contributed by atoms with Crippen molar-refractivity contribution in [3.8, 4) is 0 Å². The maximum Gasteiger partial charge on any atom is 0.0267 e. The van der Waals surface area contributed by atoms with Crippen LogP contribution in [0.3, 0.4) is 0 Å². The van der Waals surface area contributed by atoms with E-state index < -0.39 is 0 Å². The average Bonchev–Trinajstić information content (AvgIpc) is 3.28. The number of aromatic nitrogens is 1. The molecular formula is C15H16IrNO2. The van der Waals surface area contributed by atoms with Gasteiger partial charge < -0.3 is 0 Å². The van der Waals surface area contributed by atoms with Crippen molar-refractivity contribution in [3.05, 3.63) is 60.4 Å². The van der Waals surface area contributed by atoms with Gasteiger partial charge in [0.2, 0.25) is 0 Å². The Morgan fingerprint density at radius 1 is 1.16 bits per heavy atom. The molecule has 0 spiro atoms. The molecule has 2 heterocycles. The fourth-order valence-electron chi connectivity index (χ4n) is 1.36. The normalized spacial score (nSPS) is 16.4. The molecule has 1 aromatic carbocycles. The van der Waals surface area contributed by atoms with E-state index in [4.69, 9.17) is 9.47 Å². The van der Waals surface area contributed by atoms with E-state index in [1.807, 2.05) is 18.2 Å². The third kappa shape index (κ3) is 6.60. The van der Waals surface area contributed by atoms with E-state index in [9.17, 15) is 0 Å². The molecule has 1 aliphatic rings. The molecule has 0 amide bonds. The molecule has 1 saturated heterocycles. The molecule has 1 atom stereocenters. The quantitative estimate of drug-likeness (QED) is 0.689. The van der Waals surface area contributed by atoms with Gasteiger partial charge in [0.05, 0.1) is 0 Å². The third-order valence-corrected chi connectivity index (χ3v) is 3.24. The van der Waals surface area contributed by atoms with E-state index in [-0.39, 0.29) is 0 Å². The topological polar surface area (TPSA) is 34.6 Å². The standard InChI is InChI=1S/C10H11O2.C5H5N.Ir/c1-2-4-9(5-3-1)6-11-7-10-8-12-10;1-2-4-6-5-3-1;/h2-5,10H,6-8H2;1-5H;. The van der Waals surface area contributed by atoms with Crippen LogP contribution in [-0.4, -0.2) is 24.3 Å². The van der Waals surface area contributed by atoms with Crippen molar-refractivity contribution >= 4 is 4.08 Å². The Morgan fingerprint density at radius 3 is 2.32 bits per heavy atom. The monoisotopic (exact) mass is 435 g/mol. The summed E-state index contributed by atoms with van der Waals surface area (Å²) in [6, 6.07) is 14.1. The van der Waals surface area contributed by atoms with E-state index in [0.717, 1.165) is 13.2 Å². The summed E-state index contributed by atoms with van der Waals surface area (Å²) in [4.78, 5) is 3.78. The first-order valence-electron chi connectivity index (χ1n) is 6.11. The van der Waals surface area contributed by atoms with Gasteiger partial charge in [-0.2, -0.15) is 0 Å². The molecule has 2 aromatic rings. The van der Waals surface area contributed by atoms with Gasteiger partial charge in [0.15, 0.2) is 0 Å². The molecule has 3 rings (SSSR count). The largest absolute Gasteiger partial charge is 0.265 e. The van der Waals surface area contributed by atoms with Gasteiger partial charge in [0, 0.05) is 12.4 Å². The fraction of sp³-hybridized carbons (Fsp3) is 0.267. The van der Waals surface area contributed by atoms with Crippen LogP contribution in [0.5, 0.6) is 0 Å². The minimum Gasteiger partial charge on any atom is -0.265 e. The molecule has 0 bridgehead atoms. The van der Waals surface area contributed by atoms with Crippen molar-refractivity contribution < 1.29 is 28.4 Å². The maximum absolute atomic E-state index is 5.46. The van der Waals surface area contributed by atoms with Crippen LogP contribution in [0.1, 0.15) is 5.56 Å². The fourth-order valence-corrected chi connectivity index (χ4v) is 1.76. The summed E-state index contributed by atoms with van der Waals surface area (Å²) in [6.07, 6.45) is 3.87. The Bertz CT molecular complexity index is 431. The van der Waals surface area contributed by atoms with Gasteiger partial charge in [-0.3, -0.25) is 4.98 Å². The molecule has 3 nitrogen and oxygen atoms in total. The first kappa shape index (κ1) is 14.4. The van der Waals surface area contributed by atoms with Crippen LogP contribution >= 0.6 is 0 Å². The number of epoxide rings is 1. The molecule has 19 heavy (non-hydrogen) atoms. The number of hydrogen-bond donors (Lipinski definition) is 0. The molecule has 1 fully saturated rings. The third-order valence-electron chi connectivity index (χ3n) is 2.44. The van der Waals surface area contributed by atoms with E-state index in [1.54, 1.807) is 12.4 Å². The summed E-state index contributed by atoms with van der Waals surface area (Å²) in [5, 5.41) is 0. The first-order chi connectivity index (χ1) is 9.34. The van der Waals surface area contributed by atoms with Crippen molar-refractivity contribution in [2.75, 3.05) is 13.2 Å². The van der Waals surface area contributed by atoms with Gasteiger partial charge in [-0.05, 0) is 12.1 Å². The van der Waals surface area contributed by atoms with Gasteiger partial charge >= 0.3 is 88.2 Å². The average molecular weight is 435 g/mol. The van der Waals surface area contributed by atoms with E-state index >= 15 is 0 Å². The van der Waals surface area contributed by atoms with Crippen LogP contribution in [0, 0.1) is 0 Å². The van der Waals surface area contributed by atoms with Crippen molar-refractivity contribution in [1.82, 2.24) is 4.98 Å². The van der Waals surface area contributed by atoms with Crippen LogP contribution < -0.4 is 4.08 Å². The van der Waals surface area contributed by atoms with Crippen molar-refractivity contribution in [3.63, 3.8) is 0 Å². The molecule has 0 aliphatic carbocycles. The molecule has 1 aromatic heterocycles. The second kappa shape index (κ2) is 8.18. The van der Waals surface area contributed by atoms with E-state index in [1.165, 1.54) is 9.64 Å². The molecule has 1 unspecified atom stereocenters. The predicted octanol–water partition coefficient (Wildman–Crippen LogP) is 1.86. The Balaban J connectivity index is 0.000000186. The zero-order valence-electron chi connectivity index (χ0n) is 10.5. The number of benzene rings is 1. The van der Waals surface area contributed by atoms with Crippen molar-refractivity contribution in [2.45, 2.75) is 12.7 Å². The Morgan fingerprint density at radius 2 is 1.84 bits per heavy atom. The summed E-state index contributed by atoms with van der Waals surface area (Å²) in [5.74, 6) is 0.